The van der Waals surface area contributed by atoms with Crippen molar-refractivity contribution in [2.24, 2.45) is 0 Å². The number of hydrogen-bond donors (Lipinski definition) is 0. The molecule has 1 saturated heterocycles. The Hall–Kier alpha value is -1.78. The summed E-state index contributed by atoms with van der Waals surface area (Å²) in [6.45, 7) is 1.72. The van der Waals surface area contributed by atoms with Crippen molar-refractivity contribution in [2.75, 3.05) is 26.7 Å². The molecule has 98 valence electrons. The monoisotopic (exact) mass is 250 g/mol. The fourth-order valence-electron chi connectivity index (χ4n) is 2.11. The molecule has 0 unspecified atom stereocenters. The topological polar surface area (TPSA) is 53.8 Å². The van der Waals surface area contributed by atoms with Crippen LogP contribution in [0.25, 0.3) is 0 Å². The highest BCUT2D eigenvalue weighted by molar-refractivity contribution is 5.94. The first-order valence-electron chi connectivity index (χ1n) is 6.25. The smallest absolute Gasteiger partial charge is 0.289 e. The summed E-state index contributed by atoms with van der Waals surface area (Å²) in [5.74, 6) is 0.0198. The maximum atomic E-state index is 12.0. The van der Waals surface area contributed by atoms with Gasteiger partial charge in [0.2, 0.25) is 5.91 Å². The standard InChI is InChI=1S/C13H18N2O3/c1-14(13(17)11-6-5-9-18-11)10-12(16)15-7-3-2-4-8-15/h5-6,9H,2-4,7-8,10H2,1H3. The Morgan fingerprint density at radius 3 is 2.67 bits per heavy atom. The second-order valence-corrected chi connectivity index (χ2v) is 4.58. The highest BCUT2D eigenvalue weighted by Crippen LogP contribution is 2.10. The molecule has 0 bridgehead atoms. The van der Waals surface area contributed by atoms with Crippen molar-refractivity contribution in [3.8, 4) is 0 Å². The van der Waals surface area contributed by atoms with Gasteiger partial charge in [-0.1, -0.05) is 0 Å². The van der Waals surface area contributed by atoms with Crippen LogP contribution in [0.2, 0.25) is 0 Å². The number of carbonyl (C=O) groups excluding carboxylic acids is 2. The third-order valence-corrected chi connectivity index (χ3v) is 3.16. The number of carbonyl (C=O) groups is 2. The van der Waals surface area contributed by atoms with Gasteiger partial charge in [-0.3, -0.25) is 9.59 Å². The molecule has 5 heteroatoms. The van der Waals surface area contributed by atoms with Crippen LogP contribution in [0, 0.1) is 0 Å². The lowest BCUT2D eigenvalue weighted by Crippen LogP contribution is -2.43. The Balaban J connectivity index is 1.88. The molecule has 1 aromatic rings. The Bertz CT molecular complexity index is 408. The number of rotatable bonds is 3. The zero-order chi connectivity index (χ0) is 13.0. The minimum Gasteiger partial charge on any atom is -0.459 e. The van der Waals surface area contributed by atoms with E-state index in [1.807, 2.05) is 4.90 Å². The number of nitrogens with zero attached hydrogens (tertiary/aromatic N) is 2. The molecule has 18 heavy (non-hydrogen) atoms. The summed E-state index contributed by atoms with van der Waals surface area (Å²) >= 11 is 0. The Kier molecular flexibility index (Phi) is 4.02. The van der Waals surface area contributed by atoms with Crippen LogP contribution in [0.4, 0.5) is 0 Å². The van der Waals surface area contributed by atoms with Crippen LogP contribution in [0.1, 0.15) is 29.8 Å². The average molecular weight is 250 g/mol. The van der Waals surface area contributed by atoms with Crippen LogP contribution < -0.4 is 0 Å². The normalized spacial score (nSPS) is 15.5. The van der Waals surface area contributed by atoms with Gasteiger partial charge in [-0.05, 0) is 31.4 Å². The van der Waals surface area contributed by atoms with Gasteiger partial charge in [-0.2, -0.15) is 0 Å². The minimum atomic E-state index is -0.259. The van der Waals surface area contributed by atoms with E-state index >= 15 is 0 Å². The molecular formula is C13H18N2O3. The predicted octanol–water partition coefficient (Wildman–Crippen LogP) is 1.36. The molecular weight excluding hydrogens is 232 g/mol. The number of furan rings is 1. The molecule has 0 spiro atoms. The lowest BCUT2D eigenvalue weighted by Gasteiger charge is -2.28. The van der Waals surface area contributed by atoms with Crippen molar-refractivity contribution in [3.05, 3.63) is 24.2 Å². The van der Waals surface area contributed by atoms with E-state index in [-0.39, 0.29) is 24.1 Å². The zero-order valence-electron chi connectivity index (χ0n) is 10.6. The van der Waals surface area contributed by atoms with Gasteiger partial charge in [0.1, 0.15) is 0 Å². The first-order chi connectivity index (χ1) is 8.68. The molecule has 0 aliphatic carbocycles. The Morgan fingerprint density at radius 1 is 1.33 bits per heavy atom. The third-order valence-electron chi connectivity index (χ3n) is 3.16. The molecule has 0 atom stereocenters. The maximum absolute atomic E-state index is 12.0. The van der Waals surface area contributed by atoms with E-state index in [1.54, 1.807) is 19.2 Å². The molecule has 5 nitrogen and oxygen atoms in total. The maximum Gasteiger partial charge on any atom is 0.289 e. The molecule has 1 aromatic heterocycles. The second-order valence-electron chi connectivity index (χ2n) is 4.58. The average Bonchev–Trinajstić information content (AvgIpc) is 2.92. The van der Waals surface area contributed by atoms with Gasteiger partial charge in [-0.15, -0.1) is 0 Å². The van der Waals surface area contributed by atoms with Gasteiger partial charge < -0.3 is 14.2 Å². The first-order valence-corrected chi connectivity index (χ1v) is 6.25. The lowest BCUT2D eigenvalue weighted by molar-refractivity contribution is -0.132. The van der Waals surface area contributed by atoms with E-state index in [4.69, 9.17) is 4.42 Å². The van der Waals surface area contributed by atoms with Crippen LogP contribution in [0.15, 0.2) is 22.8 Å². The summed E-state index contributed by atoms with van der Waals surface area (Å²) in [6, 6.07) is 3.26. The van der Waals surface area contributed by atoms with E-state index in [0.29, 0.717) is 0 Å². The molecule has 0 saturated carbocycles. The molecule has 0 aromatic carbocycles. The molecule has 1 aliphatic heterocycles. The molecule has 2 amide bonds. The van der Waals surface area contributed by atoms with Crippen molar-refractivity contribution >= 4 is 11.8 Å². The Labute approximate surface area is 106 Å². The highest BCUT2D eigenvalue weighted by Gasteiger charge is 2.21. The van der Waals surface area contributed by atoms with Crippen LogP contribution in [-0.4, -0.2) is 48.3 Å². The van der Waals surface area contributed by atoms with Crippen molar-refractivity contribution in [3.63, 3.8) is 0 Å². The number of amides is 2. The molecule has 2 heterocycles. The fourth-order valence-corrected chi connectivity index (χ4v) is 2.11. The molecule has 2 rings (SSSR count). The summed E-state index contributed by atoms with van der Waals surface area (Å²) in [6.07, 6.45) is 4.75. The second kappa shape index (κ2) is 5.71. The number of piperidine rings is 1. The summed E-state index contributed by atoms with van der Waals surface area (Å²) < 4.78 is 5.03. The van der Waals surface area contributed by atoms with E-state index in [9.17, 15) is 9.59 Å². The largest absolute Gasteiger partial charge is 0.459 e. The van der Waals surface area contributed by atoms with Crippen molar-refractivity contribution in [1.82, 2.24) is 9.80 Å². The fraction of sp³-hybridized carbons (Fsp3) is 0.538. The van der Waals surface area contributed by atoms with E-state index in [2.05, 4.69) is 0 Å². The number of hydrogen-bond acceptors (Lipinski definition) is 3. The van der Waals surface area contributed by atoms with Crippen molar-refractivity contribution in [1.29, 1.82) is 0 Å². The lowest BCUT2D eigenvalue weighted by atomic mass is 10.1. The highest BCUT2D eigenvalue weighted by atomic mass is 16.3. The van der Waals surface area contributed by atoms with Gasteiger partial charge in [0, 0.05) is 20.1 Å². The quantitative estimate of drug-likeness (QED) is 0.814. The molecule has 0 radical (unpaired) electrons. The minimum absolute atomic E-state index is 0.0112. The van der Waals surface area contributed by atoms with Gasteiger partial charge in [0.05, 0.1) is 12.8 Å². The van der Waals surface area contributed by atoms with Crippen molar-refractivity contribution in [2.45, 2.75) is 19.3 Å². The molecule has 0 N–H and O–H groups in total. The summed E-state index contributed by atoms with van der Waals surface area (Å²) in [4.78, 5) is 27.1. The Morgan fingerprint density at radius 2 is 2.06 bits per heavy atom. The van der Waals surface area contributed by atoms with Gasteiger partial charge in [0.25, 0.3) is 5.91 Å². The summed E-state index contributed by atoms with van der Waals surface area (Å²) in [5, 5.41) is 0. The SMILES string of the molecule is CN(CC(=O)N1CCCCC1)C(=O)c1ccco1. The summed E-state index contributed by atoms with van der Waals surface area (Å²) in [5.41, 5.74) is 0. The number of likely N-dealkylation sites (tertiary alicyclic amines) is 1. The van der Waals surface area contributed by atoms with Crippen LogP contribution >= 0.6 is 0 Å². The van der Waals surface area contributed by atoms with E-state index in [1.165, 1.54) is 17.6 Å². The zero-order valence-corrected chi connectivity index (χ0v) is 10.6. The number of likely N-dealkylation sites (N-methyl/N-ethyl adjacent to an activating group) is 1. The van der Waals surface area contributed by atoms with Crippen molar-refractivity contribution < 1.29 is 14.0 Å². The molecule has 1 fully saturated rings. The predicted molar refractivity (Wildman–Crippen MR) is 66.1 cm³/mol. The first kappa shape index (κ1) is 12.7. The van der Waals surface area contributed by atoms with Gasteiger partial charge >= 0.3 is 0 Å². The summed E-state index contributed by atoms with van der Waals surface area (Å²) in [7, 11) is 1.62. The van der Waals surface area contributed by atoms with Crippen LogP contribution in [0.5, 0.6) is 0 Å². The van der Waals surface area contributed by atoms with Gasteiger partial charge in [-0.25, -0.2) is 0 Å². The van der Waals surface area contributed by atoms with E-state index in [0.717, 1.165) is 25.9 Å². The third kappa shape index (κ3) is 2.91. The molecule has 1 aliphatic rings. The van der Waals surface area contributed by atoms with Crippen LogP contribution in [-0.2, 0) is 4.79 Å². The van der Waals surface area contributed by atoms with Crippen LogP contribution in [0.3, 0.4) is 0 Å². The van der Waals surface area contributed by atoms with Gasteiger partial charge in [0.15, 0.2) is 5.76 Å². The van der Waals surface area contributed by atoms with E-state index < -0.39 is 0 Å².